The molecule has 17 heavy (non-hydrogen) atoms. The molecule has 0 saturated carbocycles. The zero-order chi connectivity index (χ0) is 11.7. The lowest BCUT2D eigenvalue weighted by molar-refractivity contribution is 0.169. The smallest absolute Gasteiger partial charge is 0.130 e. The van der Waals surface area contributed by atoms with E-state index >= 15 is 0 Å². The molecule has 1 aromatic carbocycles. The van der Waals surface area contributed by atoms with Crippen LogP contribution in [0.1, 0.15) is 12.8 Å². The summed E-state index contributed by atoms with van der Waals surface area (Å²) in [6, 6.07) is 6.11. The normalized spacial score (nSPS) is 20.6. The van der Waals surface area contributed by atoms with Crippen LogP contribution in [0.3, 0.4) is 0 Å². The predicted octanol–water partition coefficient (Wildman–Crippen LogP) is 1.70. The number of aromatic nitrogens is 2. The van der Waals surface area contributed by atoms with Crippen LogP contribution in [0.2, 0.25) is 0 Å². The lowest BCUT2D eigenvalue weighted by Crippen LogP contribution is -2.37. The molecular formula is C13H17N3O. The Morgan fingerprint density at radius 1 is 1.47 bits per heavy atom. The monoisotopic (exact) mass is 231 g/mol. The molecule has 2 heterocycles. The van der Waals surface area contributed by atoms with Gasteiger partial charge in [0.2, 0.25) is 0 Å². The van der Waals surface area contributed by atoms with Gasteiger partial charge in [0.1, 0.15) is 11.9 Å². The van der Waals surface area contributed by atoms with E-state index in [1.54, 1.807) is 0 Å². The van der Waals surface area contributed by atoms with Gasteiger partial charge in [-0.3, -0.25) is 4.68 Å². The zero-order valence-electron chi connectivity index (χ0n) is 10.0. The van der Waals surface area contributed by atoms with Crippen molar-refractivity contribution in [1.29, 1.82) is 0 Å². The summed E-state index contributed by atoms with van der Waals surface area (Å²) in [4.78, 5) is 0. The highest BCUT2D eigenvalue weighted by Gasteiger charge is 2.16. The van der Waals surface area contributed by atoms with Crippen LogP contribution in [-0.4, -0.2) is 29.0 Å². The van der Waals surface area contributed by atoms with E-state index in [9.17, 15) is 0 Å². The highest BCUT2D eigenvalue weighted by Crippen LogP contribution is 2.26. The first kappa shape index (κ1) is 10.6. The molecule has 0 bridgehead atoms. The van der Waals surface area contributed by atoms with Crippen molar-refractivity contribution in [3.05, 3.63) is 24.4 Å². The van der Waals surface area contributed by atoms with Crippen molar-refractivity contribution in [2.45, 2.75) is 18.9 Å². The number of nitrogens with one attached hydrogen (secondary N) is 1. The SMILES string of the molecule is Cn1ncc2c(OC3CCCNC3)cccc21. The van der Waals surface area contributed by atoms with Gasteiger partial charge in [0, 0.05) is 13.6 Å². The highest BCUT2D eigenvalue weighted by atomic mass is 16.5. The van der Waals surface area contributed by atoms with E-state index in [0.717, 1.165) is 36.2 Å². The number of nitrogens with zero attached hydrogens (tertiary/aromatic N) is 2. The first-order chi connectivity index (χ1) is 8.34. The molecule has 1 aromatic heterocycles. The molecule has 0 radical (unpaired) electrons. The van der Waals surface area contributed by atoms with Crippen LogP contribution in [0.15, 0.2) is 24.4 Å². The van der Waals surface area contributed by atoms with Gasteiger partial charge in [0.15, 0.2) is 0 Å². The summed E-state index contributed by atoms with van der Waals surface area (Å²) in [7, 11) is 1.95. The van der Waals surface area contributed by atoms with Crippen molar-refractivity contribution in [2.24, 2.45) is 7.05 Å². The molecule has 1 aliphatic rings. The van der Waals surface area contributed by atoms with Gasteiger partial charge in [0.05, 0.1) is 17.1 Å². The molecule has 4 heteroatoms. The van der Waals surface area contributed by atoms with Gasteiger partial charge < -0.3 is 10.1 Å². The molecule has 0 aliphatic carbocycles. The molecule has 0 amide bonds. The molecule has 0 spiro atoms. The minimum atomic E-state index is 0.287. The van der Waals surface area contributed by atoms with E-state index in [-0.39, 0.29) is 6.10 Å². The quantitative estimate of drug-likeness (QED) is 0.855. The maximum Gasteiger partial charge on any atom is 0.130 e. The van der Waals surface area contributed by atoms with Gasteiger partial charge in [-0.05, 0) is 31.5 Å². The number of hydrogen-bond donors (Lipinski definition) is 1. The summed E-state index contributed by atoms with van der Waals surface area (Å²) in [5.41, 5.74) is 1.12. The highest BCUT2D eigenvalue weighted by molar-refractivity contribution is 5.85. The Labute approximate surface area is 101 Å². The molecule has 1 fully saturated rings. The van der Waals surface area contributed by atoms with E-state index < -0.39 is 0 Å². The van der Waals surface area contributed by atoms with Gasteiger partial charge >= 0.3 is 0 Å². The van der Waals surface area contributed by atoms with E-state index in [1.165, 1.54) is 6.42 Å². The fourth-order valence-electron chi connectivity index (χ4n) is 2.35. The Bertz CT molecular complexity index is 514. The van der Waals surface area contributed by atoms with Crippen molar-refractivity contribution >= 4 is 10.9 Å². The van der Waals surface area contributed by atoms with Crippen LogP contribution in [0.4, 0.5) is 0 Å². The minimum absolute atomic E-state index is 0.287. The average Bonchev–Trinajstić information content (AvgIpc) is 2.74. The number of aryl methyl sites for hydroxylation is 1. The molecule has 1 unspecified atom stereocenters. The van der Waals surface area contributed by atoms with Crippen molar-refractivity contribution < 1.29 is 4.74 Å². The molecule has 3 rings (SSSR count). The number of hydrogen-bond acceptors (Lipinski definition) is 3. The topological polar surface area (TPSA) is 39.1 Å². The van der Waals surface area contributed by atoms with Crippen LogP contribution in [-0.2, 0) is 7.05 Å². The Morgan fingerprint density at radius 3 is 3.24 bits per heavy atom. The minimum Gasteiger partial charge on any atom is -0.488 e. The summed E-state index contributed by atoms with van der Waals surface area (Å²) >= 11 is 0. The maximum absolute atomic E-state index is 6.07. The molecule has 1 atom stereocenters. The third-order valence-electron chi connectivity index (χ3n) is 3.30. The number of benzene rings is 1. The van der Waals surface area contributed by atoms with Crippen LogP contribution in [0, 0.1) is 0 Å². The van der Waals surface area contributed by atoms with Crippen LogP contribution in [0.25, 0.3) is 10.9 Å². The molecule has 1 aliphatic heterocycles. The lowest BCUT2D eigenvalue weighted by Gasteiger charge is -2.24. The molecule has 4 nitrogen and oxygen atoms in total. The summed E-state index contributed by atoms with van der Waals surface area (Å²) < 4.78 is 7.94. The first-order valence-corrected chi connectivity index (χ1v) is 6.13. The number of piperidine rings is 1. The fourth-order valence-corrected chi connectivity index (χ4v) is 2.35. The summed E-state index contributed by atoms with van der Waals surface area (Å²) in [6.45, 7) is 2.05. The van der Waals surface area contributed by atoms with Crippen LogP contribution < -0.4 is 10.1 Å². The molecule has 1 saturated heterocycles. The second-order valence-electron chi connectivity index (χ2n) is 4.54. The number of fused-ring (bicyclic) bond motifs is 1. The summed E-state index contributed by atoms with van der Waals surface area (Å²) in [5.74, 6) is 0.948. The van der Waals surface area contributed by atoms with Gasteiger partial charge in [-0.2, -0.15) is 5.10 Å². The number of ether oxygens (including phenoxy) is 1. The standard InChI is InChI=1S/C13H17N3O/c1-16-12-5-2-6-13(11(12)9-15-16)17-10-4-3-7-14-8-10/h2,5-6,9-10,14H,3-4,7-8H2,1H3. The van der Waals surface area contributed by atoms with E-state index in [1.807, 2.05) is 30.1 Å². The summed E-state index contributed by atoms with van der Waals surface area (Å²) in [6.07, 6.45) is 4.48. The second kappa shape index (κ2) is 4.37. The van der Waals surface area contributed by atoms with Crippen LogP contribution in [0.5, 0.6) is 5.75 Å². The fraction of sp³-hybridized carbons (Fsp3) is 0.462. The zero-order valence-corrected chi connectivity index (χ0v) is 10.0. The summed E-state index contributed by atoms with van der Waals surface area (Å²) in [5, 5.41) is 8.73. The molecule has 2 aromatic rings. The van der Waals surface area contributed by atoms with Crippen molar-refractivity contribution in [3.8, 4) is 5.75 Å². The lowest BCUT2D eigenvalue weighted by atomic mass is 10.1. The number of rotatable bonds is 2. The van der Waals surface area contributed by atoms with E-state index in [4.69, 9.17) is 4.74 Å². The predicted molar refractivity (Wildman–Crippen MR) is 67.2 cm³/mol. The maximum atomic E-state index is 6.07. The third kappa shape index (κ3) is 2.00. The van der Waals surface area contributed by atoms with E-state index in [0.29, 0.717) is 0 Å². The van der Waals surface area contributed by atoms with Crippen LogP contribution >= 0.6 is 0 Å². The van der Waals surface area contributed by atoms with Crippen molar-refractivity contribution in [2.75, 3.05) is 13.1 Å². The Kier molecular flexibility index (Phi) is 2.73. The first-order valence-electron chi connectivity index (χ1n) is 6.13. The average molecular weight is 231 g/mol. The largest absolute Gasteiger partial charge is 0.488 e. The molecule has 90 valence electrons. The van der Waals surface area contributed by atoms with Gasteiger partial charge in [-0.1, -0.05) is 6.07 Å². The van der Waals surface area contributed by atoms with Gasteiger partial charge in [0.25, 0.3) is 0 Å². The Hall–Kier alpha value is -1.55. The van der Waals surface area contributed by atoms with Crippen molar-refractivity contribution in [1.82, 2.24) is 15.1 Å². The Balaban J connectivity index is 1.89. The second-order valence-corrected chi connectivity index (χ2v) is 4.54. The Morgan fingerprint density at radius 2 is 2.41 bits per heavy atom. The van der Waals surface area contributed by atoms with Gasteiger partial charge in [-0.25, -0.2) is 0 Å². The third-order valence-corrected chi connectivity index (χ3v) is 3.30. The van der Waals surface area contributed by atoms with E-state index in [2.05, 4.69) is 16.5 Å². The molecule has 1 N–H and O–H groups in total. The van der Waals surface area contributed by atoms with Gasteiger partial charge in [-0.15, -0.1) is 0 Å². The van der Waals surface area contributed by atoms with Crippen molar-refractivity contribution in [3.63, 3.8) is 0 Å². The molecular weight excluding hydrogens is 214 g/mol.